The zero-order valence-corrected chi connectivity index (χ0v) is 10.7. The number of nitrogens with zero attached hydrogens (tertiary/aromatic N) is 1. The number of benzene rings is 1. The van der Waals surface area contributed by atoms with E-state index in [2.05, 4.69) is 13.0 Å². The summed E-state index contributed by atoms with van der Waals surface area (Å²) in [5.74, 6) is 1.17. The lowest BCUT2D eigenvalue weighted by Gasteiger charge is -2.29. The number of rotatable bonds is 2. The Labute approximate surface area is 107 Å². The summed E-state index contributed by atoms with van der Waals surface area (Å²) in [6.07, 6.45) is 4.97. The maximum Gasteiger partial charge on any atom is 0.138 e. The van der Waals surface area contributed by atoms with Crippen LogP contribution in [-0.4, -0.2) is 6.10 Å². The van der Waals surface area contributed by atoms with Crippen LogP contribution in [0.2, 0.25) is 5.02 Å². The van der Waals surface area contributed by atoms with Gasteiger partial charge in [-0.1, -0.05) is 24.9 Å². The van der Waals surface area contributed by atoms with Crippen molar-refractivity contribution in [3.8, 4) is 11.8 Å². The van der Waals surface area contributed by atoms with Gasteiger partial charge in [-0.3, -0.25) is 0 Å². The average molecular weight is 250 g/mol. The van der Waals surface area contributed by atoms with E-state index >= 15 is 0 Å². The van der Waals surface area contributed by atoms with Crippen LogP contribution in [0.15, 0.2) is 18.2 Å². The van der Waals surface area contributed by atoms with Gasteiger partial charge in [0, 0.05) is 11.1 Å². The van der Waals surface area contributed by atoms with Crippen molar-refractivity contribution in [1.82, 2.24) is 0 Å². The summed E-state index contributed by atoms with van der Waals surface area (Å²) in [4.78, 5) is 0. The van der Waals surface area contributed by atoms with Crippen LogP contribution in [0.25, 0.3) is 0 Å². The zero-order valence-electron chi connectivity index (χ0n) is 9.95. The molecule has 0 aromatic heterocycles. The molecule has 2 atom stereocenters. The average Bonchev–Trinajstić information content (AvgIpc) is 2.32. The van der Waals surface area contributed by atoms with Crippen molar-refractivity contribution in [3.63, 3.8) is 0 Å². The van der Waals surface area contributed by atoms with Gasteiger partial charge >= 0.3 is 0 Å². The van der Waals surface area contributed by atoms with Crippen molar-refractivity contribution < 1.29 is 4.74 Å². The summed E-state index contributed by atoms with van der Waals surface area (Å²) in [5, 5.41) is 9.65. The minimum Gasteiger partial charge on any atom is -0.489 e. The zero-order chi connectivity index (χ0) is 12.3. The largest absolute Gasteiger partial charge is 0.489 e. The predicted octanol–water partition coefficient (Wildman–Crippen LogP) is 4.17. The van der Waals surface area contributed by atoms with Crippen molar-refractivity contribution in [2.45, 2.75) is 38.7 Å². The first-order valence-electron chi connectivity index (χ1n) is 6.07. The Kier molecular flexibility index (Phi) is 3.91. The molecule has 1 aliphatic carbocycles. The monoisotopic (exact) mass is 249 g/mol. The summed E-state index contributed by atoms with van der Waals surface area (Å²) >= 11 is 5.94. The van der Waals surface area contributed by atoms with Crippen LogP contribution in [0, 0.1) is 17.2 Å². The first-order chi connectivity index (χ1) is 8.20. The molecular weight excluding hydrogens is 234 g/mol. The lowest BCUT2D eigenvalue weighted by molar-refractivity contribution is 0.102. The maximum atomic E-state index is 9.03. The maximum absolute atomic E-state index is 9.03. The lowest BCUT2D eigenvalue weighted by atomic mass is 9.88. The summed E-state index contributed by atoms with van der Waals surface area (Å²) in [5.41, 5.74) is 0.562. The normalized spacial score (nSPS) is 24.1. The van der Waals surface area contributed by atoms with E-state index in [1.54, 1.807) is 18.2 Å². The lowest BCUT2D eigenvalue weighted by Crippen LogP contribution is -2.28. The molecule has 0 aliphatic heterocycles. The molecule has 1 aliphatic rings. The topological polar surface area (TPSA) is 33.0 Å². The van der Waals surface area contributed by atoms with Crippen LogP contribution >= 0.6 is 11.6 Å². The van der Waals surface area contributed by atoms with E-state index in [0.29, 0.717) is 22.3 Å². The number of halogens is 1. The fourth-order valence-corrected chi connectivity index (χ4v) is 2.47. The molecule has 2 nitrogen and oxygen atoms in total. The molecule has 17 heavy (non-hydrogen) atoms. The Morgan fingerprint density at radius 3 is 2.82 bits per heavy atom. The molecule has 0 spiro atoms. The minimum atomic E-state index is 0.217. The van der Waals surface area contributed by atoms with E-state index in [1.807, 2.05) is 0 Å². The molecule has 0 radical (unpaired) electrons. The third kappa shape index (κ3) is 2.92. The molecule has 0 amide bonds. The van der Waals surface area contributed by atoms with Gasteiger partial charge in [-0.05, 0) is 37.3 Å². The predicted molar refractivity (Wildman–Crippen MR) is 68.2 cm³/mol. The van der Waals surface area contributed by atoms with Crippen molar-refractivity contribution in [2.75, 3.05) is 0 Å². The second-order valence-electron chi connectivity index (χ2n) is 4.67. The molecule has 0 saturated heterocycles. The Morgan fingerprint density at radius 2 is 2.12 bits per heavy atom. The minimum absolute atomic E-state index is 0.217. The highest BCUT2D eigenvalue weighted by Gasteiger charge is 2.23. The summed E-state index contributed by atoms with van der Waals surface area (Å²) < 4.78 is 5.96. The van der Waals surface area contributed by atoms with Crippen molar-refractivity contribution in [2.24, 2.45) is 5.92 Å². The van der Waals surface area contributed by atoms with Gasteiger partial charge < -0.3 is 4.74 Å². The molecule has 1 saturated carbocycles. The van der Waals surface area contributed by atoms with Crippen LogP contribution in [-0.2, 0) is 0 Å². The number of hydrogen-bond donors (Lipinski definition) is 0. The Bertz CT molecular complexity index is 438. The molecule has 0 bridgehead atoms. The van der Waals surface area contributed by atoms with Crippen LogP contribution in [0.1, 0.15) is 38.2 Å². The summed E-state index contributed by atoms with van der Waals surface area (Å²) in [7, 11) is 0. The van der Waals surface area contributed by atoms with Gasteiger partial charge in [-0.2, -0.15) is 5.26 Å². The van der Waals surface area contributed by atoms with Gasteiger partial charge in [-0.15, -0.1) is 0 Å². The summed E-state index contributed by atoms with van der Waals surface area (Å²) in [6, 6.07) is 7.31. The quantitative estimate of drug-likeness (QED) is 0.788. The van der Waals surface area contributed by atoms with Crippen LogP contribution in [0.4, 0.5) is 0 Å². The third-order valence-electron chi connectivity index (χ3n) is 3.38. The first-order valence-corrected chi connectivity index (χ1v) is 6.45. The van der Waals surface area contributed by atoms with Gasteiger partial charge in [0.1, 0.15) is 17.9 Å². The second-order valence-corrected chi connectivity index (χ2v) is 5.11. The highest BCUT2D eigenvalue weighted by atomic mass is 35.5. The van der Waals surface area contributed by atoms with E-state index in [0.717, 1.165) is 6.42 Å². The molecule has 2 unspecified atom stereocenters. The van der Waals surface area contributed by atoms with Gasteiger partial charge in [0.15, 0.2) is 0 Å². The molecule has 1 aromatic carbocycles. The Morgan fingerprint density at radius 1 is 1.35 bits per heavy atom. The Balaban J connectivity index is 2.17. The highest BCUT2D eigenvalue weighted by Crippen LogP contribution is 2.30. The number of nitriles is 1. The van der Waals surface area contributed by atoms with Gasteiger partial charge in [0.25, 0.3) is 0 Å². The van der Waals surface area contributed by atoms with E-state index in [4.69, 9.17) is 21.6 Å². The molecule has 1 aromatic rings. The van der Waals surface area contributed by atoms with Gasteiger partial charge in [0.05, 0.1) is 5.56 Å². The van der Waals surface area contributed by atoms with Crippen LogP contribution in [0.3, 0.4) is 0 Å². The Hall–Kier alpha value is -1.20. The van der Waals surface area contributed by atoms with E-state index in [-0.39, 0.29) is 6.10 Å². The van der Waals surface area contributed by atoms with E-state index in [9.17, 15) is 0 Å². The molecule has 90 valence electrons. The van der Waals surface area contributed by atoms with Crippen LogP contribution in [0.5, 0.6) is 5.75 Å². The third-order valence-corrected chi connectivity index (χ3v) is 3.61. The fraction of sp³-hybridized carbons (Fsp3) is 0.500. The van der Waals surface area contributed by atoms with Crippen molar-refractivity contribution in [1.29, 1.82) is 5.26 Å². The molecular formula is C14H16ClNO. The fourth-order valence-electron chi connectivity index (χ4n) is 2.31. The highest BCUT2D eigenvalue weighted by molar-refractivity contribution is 6.30. The van der Waals surface area contributed by atoms with Crippen molar-refractivity contribution >= 4 is 11.6 Å². The van der Waals surface area contributed by atoms with Crippen molar-refractivity contribution in [3.05, 3.63) is 28.8 Å². The van der Waals surface area contributed by atoms with Crippen LogP contribution < -0.4 is 4.74 Å². The SMILES string of the molecule is CC1CCCCC1Oc1cc(Cl)ccc1C#N. The van der Waals surface area contributed by atoms with E-state index in [1.165, 1.54) is 19.3 Å². The molecule has 1 fully saturated rings. The summed E-state index contributed by atoms with van der Waals surface area (Å²) in [6.45, 7) is 2.21. The van der Waals surface area contributed by atoms with Gasteiger partial charge in [0.2, 0.25) is 0 Å². The smallest absolute Gasteiger partial charge is 0.138 e. The standard InChI is InChI=1S/C14H16ClNO/c1-10-4-2-3-5-13(10)17-14-8-12(15)7-6-11(14)9-16/h6-8,10,13H,2-5H2,1H3. The molecule has 0 N–H and O–H groups in total. The molecule has 0 heterocycles. The number of hydrogen-bond acceptors (Lipinski definition) is 2. The first kappa shape index (κ1) is 12.3. The number of ether oxygens (including phenoxy) is 1. The van der Waals surface area contributed by atoms with E-state index < -0.39 is 0 Å². The molecule has 3 heteroatoms. The second kappa shape index (κ2) is 5.42. The van der Waals surface area contributed by atoms with Gasteiger partial charge in [-0.25, -0.2) is 0 Å². The molecule has 2 rings (SSSR count).